The van der Waals surface area contributed by atoms with Crippen LogP contribution in [0.25, 0.3) is 72.3 Å². The monoisotopic (exact) mass is 929 g/mol. The molecule has 7 aromatic carbocycles. The molecule has 10 rings (SSSR count). The summed E-state index contributed by atoms with van der Waals surface area (Å²) in [7, 11) is 0. The summed E-state index contributed by atoms with van der Waals surface area (Å²) in [6.45, 7) is 6.57. The minimum absolute atomic E-state index is 0. The Labute approximate surface area is 352 Å². The maximum atomic E-state index is 6.60. The summed E-state index contributed by atoms with van der Waals surface area (Å²) in [5.41, 5.74) is 12.8. The fraction of sp³-hybridized carbons (Fsp3) is 0.0769. The summed E-state index contributed by atoms with van der Waals surface area (Å²) in [5, 5.41) is 2.23. The summed E-state index contributed by atoms with van der Waals surface area (Å²) in [6, 6.07) is 64.1. The Bertz CT molecular complexity index is 3030. The molecule has 284 valence electrons. The quantitative estimate of drug-likeness (QED) is 0.112. The predicted molar refractivity (Wildman–Crippen MR) is 230 cm³/mol. The van der Waals surface area contributed by atoms with Gasteiger partial charge in [0.05, 0.1) is 16.7 Å². The molecule has 5 nitrogen and oxygen atoms in total. The van der Waals surface area contributed by atoms with Crippen molar-refractivity contribution in [3.05, 3.63) is 200 Å². The van der Waals surface area contributed by atoms with E-state index in [0.717, 1.165) is 77.8 Å². The smallest absolute Gasteiger partial charge is 0.268 e. The first-order valence-electron chi connectivity index (χ1n) is 19.3. The molecule has 0 aliphatic heterocycles. The Morgan fingerprint density at radius 3 is 2.02 bits per heavy atom. The van der Waals surface area contributed by atoms with E-state index in [-0.39, 0.29) is 21.1 Å². The van der Waals surface area contributed by atoms with Gasteiger partial charge in [-0.3, -0.25) is 4.57 Å². The Hall–Kier alpha value is -6.55. The van der Waals surface area contributed by atoms with Gasteiger partial charge in [-0.05, 0) is 75.5 Å². The van der Waals surface area contributed by atoms with Gasteiger partial charge < -0.3 is 13.9 Å². The number of aryl methyl sites for hydroxylation is 1. The first kappa shape index (κ1) is 37.0. The van der Waals surface area contributed by atoms with Crippen LogP contribution in [0.2, 0.25) is 0 Å². The number of nitrogens with zero attached hydrogens (tertiary/aromatic N) is 4. The van der Waals surface area contributed by atoms with Crippen molar-refractivity contribution in [1.29, 1.82) is 0 Å². The number of imidazole rings is 1. The normalized spacial score (nSPS) is 11.4. The van der Waals surface area contributed by atoms with Gasteiger partial charge in [0.2, 0.25) is 0 Å². The average molecular weight is 930 g/mol. The molecule has 0 spiro atoms. The van der Waals surface area contributed by atoms with Crippen LogP contribution in [0.5, 0.6) is 11.5 Å². The average Bonchev–Trinajstić information content (AvgIpc) is 3.81. The molecule has 0 atom stereocenters. The molecule has 0 fully saturated rings. The molecular weight excluding hydrogens is 892 g/mol. The molecule has 0 N–H and O–H groups in total. The van der Waals surface area contributed by atoms with Crippen molar-refractivity contribution in [3.8, 4) is 50.9 Å². The molecule has 0 radical (unpaired) electrons. The van der Waals surface area contributed by atoms with Crippen LogP contribution < -0.4 is 9.30 Å². The molecule has 0 bridgehead atoms. The zero-order chi connectivity index (χ0) is 38.5. The zero-order valence-corrected chi connectivity index (χ0v) is 34.5. The minimum atomic E-state index is 0. The van der Waals surface area contributed by atoms with Crippen molar-refractivity contribution in [3.63, 3.8) is 0 Å². The van der Waals surface area contributed by atoms with Crippen LogP contribution in [0.4, 0.5) is 0 Å². The van der Waals surface area contributed by atoms with Gasteiger partial charge in [0.1, 0.15) is 5.82 Å². The van der Waals surface area contributed by atoms with Crippen molar-refractivity contribution < 1.29 is 30.4 Å². The van der Waals surface area contributed by atoms with E-state index >= 15 is 0 Å². The van der Waals surface area contributed by atoms with Gasteiger partial charge in [-0.1, -0.05) is 135 Å². The number of ether oxygens (including phenoxy) is 1. The van der Waals surface area contributed by atoms with Gasteiger partial charge in [0.25, 0.3) is 6.33 Å². The van der Waals surface area contributed by atoms with Crippen molar-refractivity contribution in [2.75, 3.05) is 0 Å². The molecule has 58 heavy (non-hydrogen) atoms. The summed E-state index contributed by atoms with van der Waals surface area (Å²) >= 11 is 0. The first-order chi connectivity index (χ1) is 28.0. The number of para-hydroxylation sites is 3. The minimum Gasteiger partial charge on any atom is -0.510 e. The zero-order valence-electron chi connectivity index (χ0n) is 32.3. The number of aromatic nitrogens is 4. The second-order valence-corrected chi connectivity index (χ2v) is 14.7. The van der Waals surface area contributed by atoms with Crippen LogP contribution in [0.3, 0.4) is 0 Å². The standard InChI is InChI=1S/C52H38N4O.Pt/c1-35(2)39-29-30-53-50(31-39)56-47-25-11-10-22-45(47)46-28-27-42(33-49(46)56)57-41-21-13-20-40(32-41)54-34-55(51-36(3)15-12-26-48(51)54)52-43(37-16-6-4-7-17-37)23-14-24-44(52)38-18-8-5-9-19-38;/h4-31,35H,1-3H3;/q-2;. The Morgan fingerprint density at radius 2 is 1.28 bits per heavy atom. The largest absolute Gasteiger partial charge is 0.510 e. The van der Waals surface area contributed by atoms with Crippen LogP contribution >= 0.6 is 0 Å². The van der Waals surface area contributed by atoms with E-state index in [0.29, 0.717) is 17.4 Å². The second kappa shape index (κ2) is 15.4. The van der Waals surface area contributed by atoms with E-state index in [1.165, 1.54) is 5.56 Å². The van der Waals surface area contributed by atoms with E-state index in [2.05, 4.69) is 199 Å². The van der Waals surface area contributed by atoms with Gasteiger partial charge in [-0.25, -0.2) is 4.98 Å². The molecular formula is C52H38N4OPt-2. The molecule has 0 amide bonds. The van der Waals surface area contributed by atoms with Gasteiger partial charge in [0.15, 0.2) is 0 Å². The number of pyridine rings is 1. The summed E-state index contributed by atoms with van der Waals surface area (Å²) in [4.78, 5) is 4.81. The summed E-state index contributed by atoms with van der Waals surface area (Å²) in [6.07, 6.45) is 5.67. The van der Waals surface area contributed by atoms with Gasteiger partial charge in [-0.15, -0.1) is 29.7 Å². The SMILES string of the molecule is Cc1cccc2c1[n+](-c1c(-c3ccccc3)cccc1-c1ccccc1)[c-]n2-c1[c-]c(Oc2[c-]c3c(cc2)c2ccccc2n3-c2cc(C(C)C)ccn2)ccc1.[Pt]. The van der Waals surface area contributed by atoms with Crippen LogP contribution in [0.15, 0.2) is 170 Å². The number of fused-ring (bicyclic) bond motifs is 4. The van der Waals surface area contributed by atoms with Gasteiger partial charge >= 0.3 is 0 Å². The first-order valence-corrected chi connectivity index (χ1v) is 19.3. The Morgan fingerprint density at radius 1 is 0.621 bits per heavy atom. The van der Waals surface area contributed by atoms with Crippen LogP contribution in [-0.4, -0.2) is 14.1 Å². The molecule has 3 heterocycles. The predicted octanol–water partition coefficient (Wildman–Crippen LogP) is 12.4. The number of hydrogen-bond donors (Lipinski definition) is 0. The van der Waals surface area contributed by atoms with Crippen LogP contribution in [0.1, 0.15) is 30.9 Å². The van der Waals surface area contributed by atoms with E-state index in [4.69, 9.17) is 9.72 Å². The number of benzene rings is 7. The maximum Gasteiger partial charge on any atom is 0.268 e. The van der Waals surface area contributed by atoms with E-state index in [1.54, 1.807) is 0 Å². The summed E-state index contributed by atoms with van der Waals surface area (Å²) < 4.78 is 13.1. The molecule has 6 heteroatoms. The van der Waals surface area contributed by atoms with Gasteiger partial charge in [0, 0.05) is 44.3 Å². The van der Waals surface area contributed by atoms with Crippen molar-refractivity contribution >= 4 is 32.8 Å². The second-order valence-electron chi connectivity index (χ2n) is 14.7. The third-order valence-corrected chi connectivity index (χ3v) is 10.7. The van der Waals surface area contributed by atoms with Crippen LogP contribution in [-0.2, 0) is 21.1 Å². The van der Waals surface area contributed by atoms with E-state index in [9.17, 15) is 0 Å². The number of rotatable bonds is 8. The molecule has 10 aromatic rings. The third-order valence-electron chi connectivity index (χ3n) is 10.7. The fourth-order valence-corrected chi connectivity index (χ4v) is 7.98. The molecule has 0 saturated carbocycles. The number of hydrogen-bond acceptors (Lipinski definition) is 2. The molecule has 0 aliphatic rings. The maximum absolute atomic E-state index is 6.60. The van der Waals surface area contributed by atoms with Crippen molar-refractivity contribution in [1.82, 2.24) is 14.1 Å². The third kappa shape index (κ3) is 6.52. The molecule has 0 aliphatic carbocycles. The Kier molecular flexibility index (Phi) is 9.85. The van der Waals surface area contributed by atoms with Gasteiger partial charge in [-0.2, -0.15) is 18.2 Å². The fourth-order valence-electron chi connectivity index (χ4n) is 7.98. The summed E-state index contributed by atoms with van der Waals surface area (Å²) in [5.74, 6) is 2.41. The van der Waals surface area contributed by atoms with Crippen molar-refractivity contribution in [2.45, 2.75) is 26.7 Å². The molecule has 0 unspecified atom stereocenters. The van der Waals surface area contributed by atoms with E-state index < -0.39 is 0 Å². The molecule has 0 saturated heterocycles. The van der Waals surface area contributed by atoms with Crippen molar-refractivity contribution in [2.24, 2.45) is 0 Å². The molecule has 3 aromatic heterocycles. The van der Waals surface area contributed by atoms with E-state index in [1.807, 2.05) is 24.4 Å². The topological polar surface area (TPSA) is 35.9 Å². The Balaban J connectivity index is 0.00000436. The van der Waals surface area contributed by atoms with Crippen LogP contribution in [0, 0.1) is 25.4 Å².